The number of ether oxygens (including phenoxy) is 1. The molecule has 1 heteroatoms. The van der Waals surface area contributed by atoms with Gasteiger partial charge in [-0.05, 0) is 42.2 Å². The highest BCUT2D eigenvalue weighted by Crippen LogP contribution is 2.22. The molecule has 0 spiro atoms. The molecule has 0 amide bonds. The minimum Gasteiger partial charge on any atom is -0.381 e. The Labute approximate surface area is 98.8 Å². The van der Waals surface area contributed by atoms with Crippen LogP contribution in [0, 0.1) is 5.92 Å². The first kappa shape index (κ1) is 11.7. The molecule has 1 saturated heterocycles. The van der Waals surface area contributed by atoms with E-state index in [1.54, 1.807) is 0 Å². The van der Waals surface area contributed by atoms with Crippen molar-refractivity contribution in [2.45, 2.75) is 39.0 Å². The van der Waals surface area contributed by atoms with E-state index >= 15 is 0 Å². The van der Waals surface area contributed by atoms with E-state index in [9.17, 15) is 0 Å². The number of hydrogen-bond donors (Lipinski definition) is 0. The van der Waals surface area contributed by atoms with E-state index in [0.717, 1.165) is 19.1 Å². The maximum Gasteiger partial charge on any atom is 0.0468 e. The van der Waals surface area contributed by atoms with Crippen molar-refractivity contribution >= 4 is 0 Å². The van der Waals surface area contributed by atoms with Gasteiger partial charge in [-0.2, -0.15) is 0 Å². The monoisotopic (exact) mass is 218 g/mol. The molecule has 1 aliphatic heterocycles. The largest absolute Gasteiger partial charge is 0.381 e. The molecule has 1 heterocycles. The van der Waals surface area contributed by atoms with E-state index in [1.807, 2.05) is 0 Å². The van der Waals surface area contributed by atoms with Gasteiger partial charge in [0.15, 0.2) is 0 Å². The Morgan fingerprint density at radius 1 is 1.25 bits per heavy atom. The summed E-state index contributed by atoms with van der Waals surface area (Å²) in [4.78, 5) is 0. The second kappa shape index (κ2) is 5.49. The van der Waals surface area contributed by atoms with Crippen LogP contribution in [-0.2, 0) is 11.2 Å². The van der Waals surface area contributed by atoms with Gasteiger partial charge in [0.05, 0.1) is 0 Å². The fraction of sp³-hybridized carbons (Fsp3) is 0.600. The van der Waals surface area contributed by atoms with Crippen molar-refractivity contribution in [1.82, 2.24) is 0 Å². The molecule has 0 atom stereocenters. The van der Waals surface area contributed by atoms with Crippen molar-refractivity contribution in [3.05, 3.63) is 35.4 Å². The minimum atomic E-state index is 0.634. The smallest absolute Gasteiger partial charge is 0.0468 e. The molecule has 1 fully saturated rings. The highest BCUT2D eigenvalue weighted by molar-refractivity contribution is 5.26. The molecule has 1 nitrogen and oxygen atoms in total. The molecule has 1 aromatic rings. The highest BCUT2D eigenvalue weighted by atomic mass is 16.5. The summed E-state index contributed by atoms with van der Waals surface area (Å²) >= 11 is 0. The van der Waals surface area contributed by atoms with Crippen molar-refractivity contribution in [1.29, 1.82) is 0 Å². The topological polar surface area (TPSA) is 9.23 Å². The van der Waals surface area contributed by atoms with E-state index < -0.39 is 0 Å². The fourth-order valence-corrected chi connectivity index (χ4v) is 2.36. The fourth-order valence-electron chi connectivity index (χ4n) is 2.36. The van der Waals surface area contributed by atoms with Gasteiger partial charge in [0, 0.05) is 13.2 Å². The quantitative estimate of drug-likeness (QED) is 0.750. The molecule has 0 aromatic heterocycles. The Balaban J connectivity index is 2.00. The van der Waals surface area contributed by atoms with Crippen molar-refractivity contribution in [2.75, 3.05) is 13.2 Å². The van der Waals surface area contributed by atoms with Crippen LogP contribution in [0.4, 0.5) is 0 Å². The standard InChI is InChI=1S/C15H22O/c1-12(2)15-5-3-4-14(11-15)10-13-6-8-16-9-7-13/h3-5,11-13H,6-10H2,1-2H3. The Morgan fingerprint density at radius 3 is 2.69 bits per heavy atom. The van der Waals surface area contributed by atoms with E-state index in [0.29, 0.717) is 5.92 Å². The molecule has 2 rings (SSSR count). The summed E-state index contributed by atoms with van der Waals surface area (Å²) in [5, 5.41) is 0. The molecule has 1 aromatic carbocycles. The number of hydrogen-bond acceptors (Lipinski definition) is 1. The molecular weight excluding hydrogens is 196 g/mol. The first-order valence-electron chi connectivity index (χ1n) is 6.42. The van der Waals surface area contributed by atoms with E-state index in [4.69, 9.17) is 4.74 Å². The van der Waals surface area contributed by atoms with Crippen molar-refractivity contribution < 1.29 is 4.74 Å². The molecule has 1 aliphatic rings. The van der Waals surface area contributed by atoms with Gasteiger partial charge in [-0.25, -0.2) is 0 Å². The molecular formula is C15H22O. The summed E-state index contributed by atoms with van der Waals surface area (Å²) in [6.45, 7) is 6.42. The molecule has 0 radical (unpaired) electrons. The highest BCUT2D eigenvalue weighted by Gasteiger charge is 2.14. The molecule has 16 heavy (non-hydrogen) atoms. The van der Waals surface area contributed by atoms with Gasteiger partial charge in [0.25, 0.3) is 0 Å². The number of rotatable bonds is 3. The second-order valence-electron chi connectivity index (χ2n) is 5.16. The second-order valence-corrected chi connectivity index (χ2v) is 5.16. The average Bonchev–Trinajstić information content (AvgIpc) is 2.30. The maximum atomic E-state index is 5.40. The van der Waals surface area contributed by atoms with Crippen LogP contribution < -0.4 is 0 Å². The van der Waals surface area contributed by atoms with Crippen molar-refractivity contribution in [3.63, 3.8) is 0 Å². The Morgan fingerprint density at radius 2 is 2.00 bits per heavy atom. The molecule has 0 aliphatic carbocycles. The van der Waals surface area contributed by atoms with Crippen LogP contribution >= 0.6 is 0 Å². The zero-order chi connectivity index (χ0) is 11.4. The van der Waals surface area contributed by atoms with E-state index in [-0.39, 0.29) is 0 Å². The van der Waals surface area contributed by atoms with Crippen LogP contribution in [0.1, 0.15) is 43.7 Å². The third-order valence-electron chi connectivity index (χ3n) is 3.48. The Bertz CT molecular complexity index is 324. The van der Waals surface area contributed by atoms with Crippen molar-refractivity contribution in [3.8, 4) is 0 Å². The van der Waals surface area contributed by atoms with Crippen LogP contribution in [0.2, 0.25) is 0 Å². The van der Waals surface area contributed by atoms with Crippen LogP contribution in [0.5, 0.6) is 0 Å². The predicted molar refractivity (Wildman–Crippen MR) is 67.8 cm³/mol. The Hall–Kier alpha value is -0.820. The van der Waals surface area contributed by atoms with Gasteiger partial charge in [0.2, 0.25) is 0 Å². The summed E-state index contributed by atoms with van der Waals surface area (Å²) in [5.41, 5.74) is 2.96. The summed E-state index contributed by atoms with van der Waals surface area (Å²) in [5.74, 6) is 1.46. The lowest BCUT2D eigenvalue weighted by Gasteiger charge is -2.22. The molecule has 0 unspecified atom stereocenters. The van der Waals surface area contributed by atoms with Gasteiger partial charge in [-0.15, -0.1) is 0 Å². The van der Waals surface area contributed by atoms with Gasteiger partial charge in [-0.1, -0.05) is 38.1 Å². The summed E-state index contributed by atoms with van der Waals surface area (Å²) in [6, 6.07) is 9.07. The Kier molecular flexibility index (Phi) is 4.00. The van der Waals surface area contributed by atoms with Crippen LogP contribution in [0.25, 0.3) is 0 Å². The lowest BCUT2D eigenvalue weighted by molar-refractivity contribution is 0.0665. The summed E-state index contributed by atoms with van der Waals surface area (Å²) in [7, 11) is 0. The normalized spacial score (nSPS) is 17.9. The molecule has 0 bridgehead atoms. The predicted octanol–water partition coefficient (Wildman–Crippen LogP) is 3.78. The number of benzene rings is 1. The summed E-state index contributed by atoms with van der Waals surface area (Å²) in [6.07, 6.45) is 3.68. The van der Waals surface area contributed by atoms with Gasteiger partial charge < -0.3 is 4.74 Å². The lowest BCUT2D eigenvalue weighted by atomic mass is 9.90. The first-order chi connectivity index (χ1) is 7.75. The minimum absolute atomic E-state index is 0.634. The third-order valence-corrected chi connectivity index (χ3v) is 3.48. The van der Waals surface area contributed by atoms with Gasteiger partial charge in [-0.3, -0.25) is 0 Å². The summed E-state index contributed by atoms with van der Waals surface area (Å²) < 4.78 is 5.40. The van der Waals surface area contributed by atoms with E-state index in [2.05, 4.69) is 38.1 Å². The lowest BCUT2D eigenvalue weighted by Crippen LogP contribution is -2.17. The zero-order valence-electron chi connectivity index (χ0n) is 10.4. The van der Waals surface area contributed by atoms with Gasteiger partial charge in [0.1, 0.15) is 0 Å². The molecule has 0 N–H and O–H groups in total. The zero-order valence-corrected chi connectivity index (χ0v) is 10.4. The van der Waals surface area contributed by atoms with Crippen LogP contribution in [0.3, 0.4) is 0 Å². The van der Waals surface area contributed by atoms with Gasteiger partial charge >= 0.3 is 0 Å². The molecule has 0 saturated carbocycles. The third kappa shape index (κ3) is 3.08. The average molecular weight is 218 g/mol. The first-order valence-corrected chi connectivity index (χ1v) is 6.42. The van der Waals surface area contributed by atoms with Crippen LogP contribution in [-0.4, -0.2) is 13.2 Å². The maximum absolute atomic E-state index is 5.40. The molecule has 88 valence electrons. The van der Waals surface area contributed by atoms with E-state index in [1.165, 1.54) is 30.4 Å². The van der Waals surface area contributed by atoms with Crippen LogP contribution in [0.15, 0.2) is 24.3 Å². The SMILES string of the molecule is CC(C)c1cccc(CC2CCOCC2)c1. The van der Waals surface area contributed by atoms with Crippen molar-refractivity contribution in [2.24, 2.45) is 5.92 Å².